The largest absolute Gasteiger partial charge is 0.465 e. The van der Waals surface area contributed by atoms with Crippen molar-refractivity contribution in [2.75, 3.05) is 20.2 Å². The number of hydrogen-bond donors (Lipinski definition) is 2. The summed E-state index contributed by atoms with van der Waals surface area (Å²) in [4.78, 5) is 17.9. The number of carbonyl (C=O) groups is 1. The Balaban J connectivity index is 1.78. The van der Waals surface area contributed by atoms with E-state index in [1.807, 2.05) is 30.0 Å². The van der Waals surface area contributed by atoms with E-state index in [0.717, 1.165) is 5.56 Å². The maximum absolute atomic E-state index is 11.7. The number of esters is 1. The van der Waals surface area contributed by atoms with Gasteiger partial charge in [-0.1, -0.05) is 53.5 Å². The quantitative estimate of drug-likeness (QED) is 0.303. The van der Waals surface area contributed by atoms with Gasteiger partial charge >= 0.3 is 5.97 Å². The van der Waals surface area contributed by atoms with Crippen LogP contribution in [0.3, 0.4) is 0 Å². The topological polar surface area (TPSA) is 82.9 Å². The van der Waals surface area contributed by atoms with Crippen LogP contribution in [-0.2, 0) is 11.2 Å². The molecule has 0 aliphatic heterocycles. The van der Waals surface area contributed by atoms with Gasteiger partial charge < -0.3 is 14.9 Å². The fraction of sp³-hybridized carbons (Fsp3) is 0.308. The highest BCUT2D eigenvalue weighted by Gasteiger charge is 2.23. The number of hydrogen-bond acceptors (Lipinski definition) is 6. The van der Waals surface area contributed by atoms with Crippen LogP contribution >= 0.6 is 23.2 Å². The Morgan fingerprint density at radius 3 is 2.32 bits per heavy atom. The van der Waals surface area contributed by atoms with E-state index < -0.39 is 12.2 Å². The Kier molecular flexibility index (Phi) is 9.45. The number of methoxy groups -OCH3 is 1. The van der Waals surface area contributed by atoms with Crippen LogP contribution in [-0.4, -0.2) is 52.3 Å². The molecule has 3 unspecified atom stereocenters. The molecular weight excluding hydrogens is 475 g/mol. The van der Waals surface area contributed by atoms with E-state index in [1.54, 1.807) is 48.5 Å². The van der Waals surface area contributed by atoms with E-state index in [1.165, 1.54) is 7.11 Å². The van der Waals surface area contributed by atoms with Gasteiger partial charge in [0.05, 0.1) is 24.5 Å². The van der Waals surface area contributed by atoms with E-state index in [9.17, 15) is 15.0 Å². The minimum absolute atomic E-state index is 0.0494. The highest BCUT2D eigenvalue weighted by molar-refractivity contribution is 6.30. The molecule has 3 aromatic rings. The van der Waals surface area contributed by atoms with Crippen molar-refractivity contribution in [3.8, 4) is 0 Å². The molecule has 0 aliphatic carbocycles. The normalized spacial score (nSPS) is 14.0. The molecule has 3 rings (SSSR count). The molecule has 2 N–H and O–H groups in total. The summed E-state index contributed by atoms with van der Waals surface area (Å²) < 4.78 is 4.76. The summed E-state index contributed by atoms with van der Waals surface area (Å²) in [5.74, 6) is -0.386. The zero-order valence-electron chi connectivity index (χ0n) is 19.1. The number of ether oxygens (including phenoxy) is 1. The van der Waals surface area contributed by atoms with E-state index in [0.29, 0.717) is 33.4 Å². The van der Waals surface area contributed by atoms with Crippen LogP contribution in [0.25, 0.3) is 0 Å². The van der Waals surface area contributed by atoms with Crippen molar-refractivity contribution < 1.29 is 19.7 Å². The van der Waals surface area contributed by atoms with Gasteiger partial charge in [-0.2, -0.15) is 0 Å². The first kappa shape index (κ1) is 26.1. The smallest absolute Gasteiger partial charge is 0.337 e. The molecule has 2 aromatic carbocycles. The molecule has 8 heteroatoms. The number of carbonyl (C=O) groups excluding carboxylic acids is 1. The van der Waals surface area contributed by atoms with Gasteiger partial charge in [0.1, 0.15) is 11.3 Å². The molecule has 0 fully saturated rings. The number of nitrogens with zero attached hydrogens (tertiary/aromatic N) is 2. The molecular formula is C26H28Cl2N2O4. The van der Waals surface area contributed by atoms with Crippen molar-refractivity contribution in [3.05, 3.63) is 99.3 Å². The van der Waals surface area contributed by atoms with Crippen molar-refractivity contribution >= 4 is 29.2 Å². The van der Waals surface area contributed by atoms with Gasteiger partial charge in [-0.3, -0.25) is 4.90 Å². The van der Waals surface area contributed by atoms with Gasteiger partial charge in [0.25, 0.3) is 0 Å². The Morgan fingerprint density at radius 1 is 1.00 bits per heavy atom. The minimum Gasteiger partial charge on any atom is -0.465 e. The van der Waals surface area contributed by atoms with E-state index in [2.05, 4.69) is 4.98 Å². The highest BCUT2D eigenvalue weighted by Crippen LogP contribution is 2.23. The predicted molar refractivity (Wildman–Crippen MR) is 133 cm³/mol. The number of aliphatic hydroxyl groups excluding tert-OH is 2. The summed E-state index contributed by atoms with van der Waals surface area (Å²) in [5, 5.41) is 22.6. The maximum atomic E-state index is 11.7. The average molecular weight is 503 g/mol. The third-order valence-corrected chi connectivity index (χ3v) is 6.10. The second kappa shape index (κ2) is 12.3. The van der Waals surface area contributed by atoms with Crippen molar-refractivity contribution in [2.24, 2.45) is 0 Å². The number of rotatable bonds is 10. The van der Waals surface area contributed by atoms with E-state index in [4.69, 9.17) is 27.9 Å². The Bertz CT molecular complexity index is 1040. The molecule has 0 amide bonds. The lowest BCUT2D eigenvalue weighted by atomic mass is 10.0. The zero-order chi connectivity index (χ0) is 24.7. The summed E-state index contributed by atoms with van der Waals surface area (Å²) >= 11 is 12.1. The molecule has 1 aromatic heterocycles. The summed E-state index contributed by atoms with van der Waals surface area (Å²) in [7, 11) is 1.35. The van der Waals surface area contributed by atoms with Crippen LogP contribution in [0.15, 0.2) is 66.7 Å². The molecule has 3 atom stereocenters. The van der Waals surface area contributed by atoms with E-state index in [-0.39, 0.29) is 25.1 Å². The lowest BCUT2D eigenvalue weighted by Gasteiger charge is -2.33. The molecule has 0 saturated carbocycles. The Morgan fingerprint density at radius 2 is 1.68 bits per heavy atom. The molecule has 180 valence electrons. The molecule has 0 radical (unpaired) electrons. The Labute approximate surface area is 209 Å². The van der Waals surface area contributed by atoms with Crippen LogP contribution in [0, 0.1) is 0 Å². The zero-order valence-corrected chi connectivity index (χ0v) is 20.6. The summed E-state index contributed by atoms with van der Waals surface area (Å²) in [6.07, 6.45) is -1.06. The van der Waals surface area contributed by atoms with Crippen LogP contribution in [0.2, 0.25) is 10.2 Å². The highest BCUT2D eigenvalue weighted by atomic mass is 35.5. The van der Waals surface area contributed by atoms with Crippen LogP contribution in [0.1, 0.15) is 46.3 Å². The molecule has 1 heterocycles. The number of aliphatic hydroxyl groups is 2. The van der Waals surface area contributed by atoms with Gasteiger partial charge in [-0.05, 0) is 60.9 Å². The summed E-state index contributed by atoms with van der Waals surface area (Å²) in [6, 6.07) is 19.4. The lowest BCUT2D eigenvalue weighted by Crippen LogP contribution is -2.40. The second-order valence-corrected chi connectivity index (χ2v) is 8.99. The molecule has 34 heavy (non-hydrogen) atoms. The fourth-order valence-corrected chi connectivity index (χ4v) is 4.14. The number of aromatic nitrogens is 1. The fourth-order valence-electron chi connectivity index (χ4n) is 3.77. The maximum Gasteiger partial charge on any atom is 0.337 e. The average Bonchev–Trinajstić information content (AvgIpc) is 2.83. The lowest BCUT2D eigenvalue weighted by molar-refractivity contribution is 0.0466. The van der Waals surface area contributed by atoms with Crippen LogP contribution < -0.4 is 0 Å². The SMILES string of the molecule is COC(=O)c1ccc(CC(C)N(CC(O)c2cccc(Cl)c2)CC(O)c2cccc(Cl)n2)cc1. The number of benzene rings is 2. The van der Waals surface area contributed by atoms with Crippen molar-refractivity contribution in [1.29, 1.82) is 0 Å². The first-order valence-corrected chi connectivity index (χ1v) is 11.7. The predicted octanol–water partition coefficient (Wildman–Crippen LogP) is 4.88. The molecule has 0 saturated heterocycles. The molecule has 0 aliphatic rings. The summed E-state index contributed by atoms with van der Waals surface area (Å²) in [5.41, 5.74) is 2.65. The van der Waals surface area contributed by atoms with Gasteiger partial charge in [0.15, 0.2) is 0 Å². The van der Waals surface area contributed by atoms with Crippen molar-refractivity contribution in [2.45, 2.75) is 31.6 Å². The van der Waals surface area contributed by atoms with Gasteiger partial charge in [-0.15, -0.1) is 0 Å². The number of halogens is 2. The first-order chi connectivity index (χ1) is 16.3. The van der Waals surface area contributed by atoms with Crippen LogP contribution in [0.5, 0.6) is 0 Å². The van der Waals surface area contributed by atoms with Crippen LogP contribution in [0.4, 0.5) is 0 Å². The Hall–Kier alpha value is -2.48. The molecule has 0 bridgehead atoms. The van der Waals surface area contributed by atoms with Gasteiger partial charge in [-0.25, -0.2) is 9.78 Å². The minimum atomic E-state index is -0.894. The summed E-state index contributed by atoms with van der Waals surface area (Å²) in [6.45, 7) is 2.54. The third kappa shape index (κ3) is 7.26. The van der Waals surface area contributed by atoms with Gasteiger partial charge in [0.2, 0.25) is 0 Å². The second-order valence-electron chi connectivity index (χ2n) is 8.17. The van der Waals surface area contributed by atoms with Crippen molar-refractivity contribution in [3.63, 3.8) is 0 Å². The van der Waals surface area contributed by atoms with Crippen molar-refractivity contribution in [1.82, 2.24) is 9.88 Å². The molecule has 0 spiro atoms. The monoisotopic (exact) mass is 502 g/mol. The standard InChI is InChI=1S/C26H28Cl2N2O4/c1-17(13-18-9-11-19(12-10-18)26(33)34-2)30(15-23(31)20-5-3-6-21(27)14-20)16-24(32)22-7-4-8-25(28)29-22/h3-12,14,17,23-24,31-32H,13,15-16H2,1-2H3. The number of pyridine rings is 1. The first-order valence-electron chi connectivity index (χ1n) is 10.9. The van der Waals surface area contributed by atoms with Gasteiger partial charge in [0, 0.05) is 24.2 Å². The molecule has 6 nitrogen and oxygen atoms in total. The third-order valence-electron chi connectivity index (χ3n) is 5.66. The van der Waals surface area contributed by atoms with E-state index >= 15 is 0 Å².